The summed E-state index contributed by atoms with van der Waals surface area (Å²) in [5, 5.41) is 5.43. The highest BCUT2D eigenvalue weighted by molar-refractivity contribution is 6.04. The molecule has 34 heavy (non-hydrogen) atoms. The third kappa shape index (κ3) is 5.56. The number of halogens is 1. The number of aromatic nitrogens is 1. The quantitative estimate of drug-likeness (QED) is 0.560. The van der Waals surface area contributed by atoms with E-state index in [-0.39, 0.29) is 11.1 Å². The molecule has 9 heteroatoms. The van der Waals surface area contributed by atoms with Crippen LogP contribution in [0.1, 0.15) is 20.7 Å². The minimum Gasteiger partial charge on any atom is -0.379 e. The molecule has 176 valence electrons. The number of nitrogens with one attached hydrogen (secondary N) is 2. The Morgan fingerprint density at radius 3 is 2.35 bits per heavy atom. The molecule has 0 bridgehead atoms. The van der Waals surface area contributed by atoms with Gasteiger partial charge in [-0.1, -0.05) is 12.1 Å². The molecule has 2 amide bonds. The zero-order valence-corrected chi connectivity index (χ0v) is 18.5. The number of ether oxygens (including phenoxy) is 1. The lowest BCUT2D eigenvalue weighted by Gasteiger charge is -2.26. The summed E-state index contributed by atoms with van der Waals surface area (Å²) in [5.74, 6) is -1.61. The molecule has 0 saturated carbocycles. The summed E-state index contributed by atoms with van der Waals surface area (Å²) in [6.45, 7) is 4.14. The van der Waals surface area contributed by atoms with Gasteiger partial charge in [0.2, 0.25) is 0 Å². The Kier molecular flexibility index (Phi) is 7.46. The smallest absolute Gasteiger partial charge is 0.267 e. The van der Waals surface area contributed by atoms with E-state index in [1.807, 2.05) is 0 Å². The van der Waals surface area contributed by atoms with Gasteiger partial charge in [0.15, 0.2) is 0 Å². The molecule has 0 atom stereocenters. The SMILES string of the molecule is O=C(Nc1ccc(-n2cccc(C(=O)NCCN3CCOCC3)c2=O)cc1)c1ccccc1F. The van der Waals surface area contributed by atoms with Crippen molar-refractivity contribution in [2.75, 3.05) is 44.7 Å². The van der Waals surface area contributed by atoms with E-state index in [1.54, 1.807) is 42.6 Å². The fourth-order valence-electron chi connectivity index (χ4n) is 3.67. The average Bonchev–Trinajstić information content (AvgIpc) is 2.85. The second-order valence-corrected chi connectivity index (χ2v) is 7.79. The van der Waals surface area contributed by atoms with Crippen LogP contribution in [0.5, 0.6) is 0 Å². The monoisotopic (exact) mass is 464 g/mol. The van der Waals surface area contributed by atoms with Gasteiger partial charge >= 0.3 is 0 Å². The first-order valence-corrected chi connectivity index (χ1v) is 11.0. The van der Waals surface area contributed by atoms with Crippen LogP contribution >= 0.6 is 0 Å². The van der Waals surface area contributed by atoms with Crippen LogP contribution < -0.4 is 16.2 Å². The van der Waals surface area contributed by atoms with E-state index in [4.69, 9.17) is 4.74 Å². The molecule has 3 aromatic rings. The lowest BCUT2D eigenvalue weighted by molar-refractivity contribution is 0.0383. The van der Waals surface area contributed by atoms with E-state index < -0.39 is 23.2 Å². The number of benzene rings is 2. The molecule has 4 rings (SSSR count). The maximum atomic E-state index is 13.8. The van der Waals surface area contributed by atoms with Crippen LogP contribution in [-0.2, 0) is 4.74 Å². The minimum atomic E-state index is -0.608. The first-order chi connectivity index (χ1) is 16.5. The number of morpholine rings is 1. The van der Waals surface area contributed by atoms with E-state index >= 15 is 0 Å². The van der Waals surface area contributed by atoms with E-state index in [0.29, 0.717) is 37.7 Å². The molecule has 2 aromatic carbocycles. The van der Waals surface area contributed by atoms with Gasteiger partial charge in [0.05, 0.1) is 18.8 Å². The van der Waals surface area contributed by atoms with E-state index in [2.05, 4.69) is 15.5 Å². The minimum absolute atomic E-state index is 0.0430. The third-order valence-corrected chi connectivity index (χ3v) is 5.53. The van der Waals surface area contributed by atoms with Gasteiger partial charge in [-0.3, -0.25) is 23.9 Å². The Hall–Kier alpha value is -3.82. The van der Waals surface area contributed by atoms with Crippen LogP contribution in [0.2, 0.25) is 0 Å². The molecular weight excluding hydrogens is 439 g/mol. The van der Waals surface area contributed by atoms with E-state index in [9.17, 15) is 18.8 Å². The van der Waals surface area contributed by atoms with Crippen molar-refractivity contribution >= 4 is 17.5 Å². The number of anilines is 1. The number of hydrogen-bond donors (Lipinski definition) is 2. The fourth-order valence-corrected chi connectivity index (χ4v) is 3.67. The van der Waals surface area contributed by atoms with Crippen molar-refractivity contribution in [1.82, 2.24) is 14.8 Å². The highest BCUT2D eigenvalue weighted by Crippen LogP contribution is 2.15. The van der Waals surface area contributed by atoms with Gasteiger partial charge < -0.3 is 15.4 Å². The first-order valence-electron chi connectivity index (χ1n) is 11.0. The number of pyridine rings is 1. The van der Waals surface area contributed by atoms with Crippen molar-refractivity contribution in [3.05, 3.63) is 94.2 Å². The van der Waals surface area contributed by atoms with Gasteiger partial charge in [0.25, 0.3) is 17.4 Å². The van der Waals surface area contributed by atoms with Gasteiger partial charge in [-0.25, -0.2) is 4.39 Å². The predicted molar refractivity (Wildman–Crippen MR) is 126 cm³/mol. The second-order valence-electron chi connectivity index (χ2n) is 7.79. The standard InChI is InChI=1S/C25H25FN4O4/c26-22-6-2-1-4-20(22)24(32)28-18-7-9-19(10-8-18)30-12-3-5-21(25(30)33)23(31)27-11-13-29-14-16-34-17-15-29/h1-10,12H,11,13-17H2,(H,27,31)(H,28,32). The van der Waals surface area contributed by atoms with Crippen LogP contribution in [-0.4, -0.2) is 60.7 Å². The fraction of sp³-hybridized carbons (Fsp3) is 0.240. The first kappa shape index (κ1) is 23.3. The molecule has 2 heterocycles. The van der Waals surface area contributed by atoms with Crippen LogP contribution in [0.25, 0.3) is 5.69 Å². The number of amides is 2. The number of carbonyl (C=O) groups excluding carboxylic acids is 2. The summed E-state index contributed by atoms with van der Waals surface area (Å²) in [5.41, 5.74) is 0.505. The largest absolute Gasteiger partial charge is 0.379 e. The maximum Gasteiger partial charge on any atom is 0.267 e. The highest BCUT2D eigenvalue weighted by Gasteiger charge is 2.15. The summed E-state index contributed by atoms with van der Waals surface area (Å²) in [6, 6.07) is 15.3. The number of hydrogen-bond acceptors (Lipinski definition) is 5. The van der Waals surface area contributed by atoms with Crippen molar-refractivity contribution in [1.29, 1.82) is 0 Å². The number of carbonyl (C=O) groups is 2. The normalized spacial score (nSPS) is 13.9. The molecule has 1 aliphatic heterocycles. The molecule has 0 radical (unpaired) electrons. The maximum absolute atomic E-state index is 13.8. The summed E-state index contributed by atoms with van der Waals surface area (Å²) < 4.78 is 20.5. The zero-order valence-electron chi connectivity index (χ0n) is 18.5. The predicted octanol–water partition coefficient (Wildman–Crippen LogP) is 2.29. The van der Waals surface area contributed by atoms with Crippen molar-refractivity contribution in [2.24, 2.45) is 0 Å². The van der Waals surface area contributed by atoms with Crippen LogP contribution in [0.4, 0.5) is 10.1 Å². The third-order valence-electron chi connectivity index (χ3n) is 5.53. The second kappa shape index (κ2) is 10.9. The molecule has 1 fully saturated rings. The molecule has 0 unspecified atom stereocenters. The highest BCUT2D eigenvalue weighted by atomic mass is 19.1. The van der Waals surface area contributed by atoms with Crippen molar-refractivity contribution in [3.8, 4) is 5.69 Å². The van der Waals surface area contributed by atoms with Gasteiger partial charge in [-0.2, -0.15) is 0 Å². The Bertz CT molecular complexity index is 1220. The number of nitrogens with zero attached hydrogens (tertiary/aromatic N) is 2. The van der Waals surface area contributed by atoms with Crippen LogP contribution in [0, 0.1) is 5.82 Å². The Morgan fingerprint density at radius 1 is 0.912 bits per heavy atom. The number of rotatable bonds is 7. The van der Waals surface area contributed by atoms with Gasteiger partial charge in [-0.05, 0) is 48.5 Å². The van der Waals surface area contributed by atoms with Crippen LogP contribution in [0.3, 0.4) is 0 Å². The van der Waals surface area contributed by atoms with Gasteiger partial charge in [-0.15, -0.1) is 0 Å². The lowest BCUT2D eigenvalue weighted by atomic mass is 10.2. The van der Waals surface area contributed by atoms with E-state index in [0.717, 1.165) is 13.1 Å². The molecule has 1 saturated heterocycles. The van der Waals surface area contributed by atoms with Gasteiger partial charge in [0.1, 0.15) is 11.4 Å². The van der Waals surface area contributed by atoms with E-state index in [1.165, 1.54) is 28.8 Å². The Balaban J connectivity index is 1.41. The summed E-state index contributed by atoms with van der Waals surface area (Å²) in [7, 11) is 0. The molecule has 0 aliphatic carbocycles. The summed E-state index contributed by atoms with van der Waals surface area (Å²) >= 11 is 0. The van der Waals surface area contributed by atoms with Crippen molar-refractivity contribution in [2.45, 2.75) is 0 Å². The molecule has 1 aromatic heterocycles. The zero-order chi connectivity index (χ0) is 23.9. The van der Waals surface area contributed by atoms with Crippen molar-refractivity contribution in [3.63, 3.8) is 0 Å². The Labute approximate surface area is 196 Å². The summed E-state index contributed by atoms with van der Waals surface area (Å²) in [6.07, 6.45) is 1.57. The van der Waals surface area contributed by atoms with Gasteiger partial charge in [0, 0.05) is 43.8 Å². The molecular formula is C25H25FN4O4. The van der Waals surface area contributed by atoms with Crippen molar-refractivity contribution < 1.29 is 18.7 Å². The van der Waals surface area contributed by atoms with Crippen LogP contribution in [0.15, 0.2) is 71.7 Å². The average molecular weight is 464 g/mol. The Morgan fingerprint density at radius 2 is 1.62 bits per heavy atom. The molecule has 2 N–H and O–H groups in total. The summed E-state index contributed by atoms with van der Waals surface area (Å²) in [4.78, 5) is 40.0. The topological polar surface area (TPSA) is 92.7 Å². The molecule has 1 aliphatic rings. The lowest BCUT2D eigenvalue weighted by Crippen LogP contribution is -2.42. The molecule has 8 nitrogen and oxygen atoms in total. The molecule has 0 spiro atoms.